The molecule has 0 unspecified atom stereocenters. The van der Waals surface area contributed by atoms with Crippen LogP contribution >= 0.6 is 11.6 Å². The van der Waals surface area contributed by atoms with E-state index in [-0.39, 0.29) is 17.4 Å². The molecule has 1 atom stereocenters. The topological polar surface area (TPSA) is 70.5 Å². The molecule has 1 fully saturated rings. The molecule has 3 aromatic rings. The van der Waals surface area contributed by atoms with Crippen LogP contribution < -0.4 is 20.7 Å². The minimum absolute atomic E-state index is 0.0417. The van der Waals surface area contributed by atoms with Crippen molar-refractivity contribution in [3.8, 4) is 5.69 Å². The molecule has 8 heteroatoms. The first-order chi connectivity index (χ1) is 16.3. The first-order valence-corrected chi connectivity index (χ1v) is 11.9. The van der Waals surface area contributed by atoms with Crippen LogP contribution in [-0.2, 0) is 11.3 Å². The maximum absolute atomic E-state index is 12.9. The van der Waals surface area contributed by atoms with Crippen LogP contribution in [0.15, 0.2) is 59.4 Å². The van der Waals surface area contributed by atoms with Gasteiger partial charge in [-0.15, -0.1) is 5.10 Å². The molecule has 1 saturated heterocycles. The standard InChI is InChI=1S/C26H30ClN5O2/c1-18-6-9-22(15-23(18)27)32-25(33)13-12-24(29-32)31-14-4-5-20(17-31)26(34)28-16-19-7-10-21(11-8-19)30(2)3/h6-13,15,20H,4-5,14,16-17H2,1-3H3,(H,28,34)/t20-/m0/s1. The molecule has 2 aromatic carbocycles. The molecule has 1 aliphatic rings. The summed E-state index contributed by atoms with van der Waals surface area (Å²) >= 11 is 6.25. The summed E-state index contributed by atoms with van der Waals surface area (Å²) in [7, 11) is 4.00. The predicted octanol–water partition coefficient (Wildman–Crippen LogP) is 3.79. The maximum atomic E-state index is 12.9. The number of aryl methyl sites for hydroxylation is 1. The first-order valence-electron chi connectivity index (χ1n) is 11.5. The molecular formula is C26H30ClN5O2. The average Bonchev–Trinajstić information content (AvgIpc) is 2.85. The van der Waals surface area contributed by atoms with Gasteiger partial charge in [0.1, 0.15) is 5.82 Å². The monoisotopic (exact) mass is 479 g/mol. The van der Waals surface area contributed by atoms with Crippen LogP contribution in [0.4, 0.5) is 11.5 Å². The van der Waals surface area contributed by atoms with Crippen molar-refractivity contribution in [1.82, 2.24) is 15.1 Å². The summed E-state index contributed by atoms with van der Waals surface area (Å²) in [4.78, 5) is 29.5. The second-order valence-corrected chi connectivity index (χ2v) is 9.35. The van der Waals surface area contributed by atoms with Crippen LogP contribution in [0, 0.1) is 12.8 Å². The van der Waals surface area contributed by atoms with E-state index in [4.69, 9.17) is 11.6 Å². The van der Waals surface area contributed by atoms with Gasteiger partial charge in [-0.25, -0.2) is 0 Å². The van der Waals surface area contributed by atoms with E-state index in [1.807, 2.05) is 62.3 Å². The van der Waals surface area contributed by atoms with Gasteiger partial charge in [0.05, 0.1) is 11.6 Å². The molecule has 0 radical (unpaired) electrons. The highest BCUT2D eigenvalue weighted by molar-refractivity contribution is 6.31. The van der Waals surface area contributed by atoms with Crippen molar-refractivity contribution in [3.63, 3.8) is 0 Å². The van der Waals surface area contributed by atoms with Gasteiger partial charge in [0, 0.05) is 50.5 Å². The number of halogens is 1. The van der Waals surface area contributed by atoms with Crippen LogP contribution in [0.5, 0.6) is 0 Å². The van der Waals surface area contributed by atoms with E-state index in [2.05, 4.69) is 15.3 Å². The fourth-order valence-corrected chi connectivity index (χ4v) is 4.29. The lowest BCUT2D eigenvalue weighted by atomic mass is 9.97. The Labute approximate surface area is 205 Å². The van der Waals surface area contributed by atoms with Crippen molar-refractivity contribution < 1.29 is 4.79 Å². The molecule has 178 valence electrons. The lowest BCUT2D eigenvalue weighted by Gasteiger charge is -2.33. The van der Waals surface area contributed by atoms with E-state index in [1.54, 1.807) is 12.1 Å². The summed E-state index contributed by atoms with van der Waals surface area (Å²) in [6.07, 6.45) is 1.71. The number of hydrogen-bond donors (Lipinski definition) is 1. The Hall–Kier alpha value is -3.32. The number of aromatic nitrogens is 2. The van der Waals surface area contributed by atoms with E-state index >= 15 is 0 Å². The van der Waals surface area contributed by atoms with Crippen molar-refractivity contribution in [3.05, 3.63) is 81.1 Å². The van der Waals surface area contributed by atoms with Gasteiger partial charge in [-0.2, -0.15) is 4.68 Å². The number of rotatable bonds is 6. The molecule has 34 heavy (non-hydrogen) atoms. The molecular weight excluding hydrogens is 450 g/mol. The smallest absolute Gasteiger partial charge is 0.271 e. The summed E-state index contributed by atoms with van der Waals surface area (Å²) in [6, 6.07) is 16.8. The number of benzene rings is 2. The molecule has 1 N–H and O–H groups in total. The van der Waals surface area contributed by atoms with Crippen molar-refractivity contribution in [2.75, 3.05) is 37.0 Å². The van der Waals surface area contributed by atoms with Gasteiger partial charge in [0.15, 0.2) is 0 Å². The first kappa shape index (κ1) is 23.8. The summed E-state index contributed by atoms with van der Waals surface area (Å²) in [6.45, 7) is 3.76. The Morgan fingerprint density at radius 3 is 2.62 bits per heavy atom. The Bertz CT molecular complexity index is 1220. The highest BCUT2D eigenvalue weighted by atomic mass is 35.5. The zero-order chi connectivity index (χ0) is 24.2. The van der Waals surface area contributed by atoms with Gasteiger partial charge in [-0.1, -0.05) is 29.8 Å². The molecule has 0 spiro atoms. The summed E-state index contributed by atoms with van der Waals surface area (Å²) < 4.78 is 1.36. The van der Waals surface area contributed by atoms with Crippen LogP contribution in [0.25, 0.3) is 5.69 Å². The Morgan fingerprint density at radius 1 is 1.15 bits per heavy atom. The molecule has 0 bridgehead atoms. The highest BCUT2D eigenvalue weighted by Gasteiger charge is 2.27. The molecule has 7 nitrogen and oxygen atoms in total. The number of carbonyl (C=O) groups excluding carboxylic acids is 1. The van der Waals surface area contributed by atoms with Gasteiger partial charge in [-0.05, 0) is 61.2 Å². The normalized spacial score (nSPS) is 15.8. The van der Waals surface area contributed by atoms with E-state index in [0.29, 0.717) is 29.6 Å². The number of piperidine rings is 1. The molecule has 1 aromatic heterocycles. The van der Waals surface area contributed by atoms with Crippen LogP contribution in [0.2, 0.25) is 5.02 Å². The van der Waals surface area contributed by atoms with Crippen molar-refractivity contribution in [2.45, 2.75) is 26.3 Å². The molecule has 0 aliphatic carbocycles. The third-order valence-electron chi connectivity index (χ3n) is 6.22. The van der Waals surface area contributed by atoms with E-state index < -0.39 is 0 Å². The summed E-state index contributed by atoms with van der Waals surface area (Å²) in [5, 5.41) is 8.25. The van der Waals surface area contributed by atoms with E-state index in [0.717, 1.165) is 36.2 Å². The fourth-order valence-electron chi connectivity index (χ4n) is 4.11. The van der Waals surface area contributed by atoms with E-state index in [1.165, 1.54) is 10.7 Å². The highest BCUT2D eigenvalue weighted by Crippen LogP contribution is 2.23. The lowest BCUT2D eigenvalue weighted by molar-refractivity contribution is -0.125. The van der Waals surface area contributed by atoms with Crippen LogP contribution in [0.1, 0.15) is 24.0 Å². The zero-order valence-electron chi connectivity index (χ0n) is 19.8. The second kappa shape index (κ2) is 10.3. The minimum Gasteiger partial charge on any atom is -0.378 e. The zero-order valence-corrected chi connectivity index (χ0v) is 20.5. The largest absolute Gasteiger partial charge is 0.378 e. The number of hydrogen-bond acceptors (Lipinski definition) is 5. The van der Waals surface area contributed by atoms with Crippen LogP contribution in [0.3, 0.4) is 0 Å². The van der Waals surface area contributed by atoms with Crippen LogP contribution in [-0.4, -0.2) is 42.9 Å². The maximum Gasteiger partial charge on any atom is 0.271 e. The summed E-state index contributed by atoms with van der Waals surface area (Å²) in [5.74, 6) is 0.582. The Kier molecular flexibility index (Phi) is 7.22. The number of amides is 1. The number of nitrogens with one attached hydrogen (secondary N) is 1. The Morgan fingerprint density at radius 2 is 1.91 bits per heavy atom. The molecule has 2 heterocycles. The van der Waals surface area contributed by atoms with Gasteiger partial charge >= 0.3 is 0 Å². The molecule has 1 aliphatic heterocycles. The van der Waals surface area contributed by atoms with Crippen molar-refractivity contribution in [2.24, 2.45) is 5.92 Å². The van der Waals surface area contributed by atoms with Gasteiger partial charge < -0.3 is 15.1 Å². The summed E-state index contributed by atoms with van der Waals surface area (Å²) in [5.41, 5.74) is 3.52. The quantitative estimate of drug-likeness (QED) is 0.582. The van der Waals surface area contributed by atoms with Crippen molar-refractivity contribution >= 4 is 29.0 Å². The van der Waals surface area contributed by atoms with Crippen molar-refractivity contribution in [1.29, 1.82) is 0 Å². The average molecular weight is 480 g/mol. The van der Waals surface area contributed by atoms with Gasteiger partial charge in [0.25, 0.3) is 5.56 Å². The third-order valence-corrected chi connectivity index (χ3v) is 6.63. The lowest BCUT2D eigenvalue weighted by Crippen LogP contribution is -2.43. The second-order valence-electron chi connectivity index (χ2n) is 8.94. The number of nitrogens with zero attached hydrogens (tertiary/aromatic N) is 4. The molecule has 4 rings (SSSR count). The molecule has 1 amide bonds. The van der Waals surface area contributed by atoms with E-state index in [9.17, 15) is 9.59 Å². The molecule has 0 saturated carbocycles. The van der Waals surface area contributed by atoms with Gasteiger partial charge in [0.2, 0.25) is 5.91 Å². The SMILES string of the molecule is Cc1ccc(-n2nc(N3CCC[C@H](C(=O)NCc4ccc(N(C)C)cc4)C3)ccc2=O)cc1Cl. The Balaban J connectivity index is 1.43. The minimum atomic E-state index is -0.227. The third kappa shape index (κ3) is 5.42. The fraction of sp³-hybridized carbons (Fsp3) is 0.346. The number of anilines is 2. The van der Waals surface area contributed by atoms with Gasteiger partial charge in [-0.3, -0.25) is 9.59 Å². The number of carbonyl (C=O) groups is 1. The predicted molar refractivity (Wildman–Crippen MR) is 137 cm³/mol.